The van der Waals surface area contributed by atoms with Crippen LogP contribution in [0.1, 0.15) is 28.8 Å². The molecular weight excluding hydrogens is 338 g/mol. The van der Waals surface area contributed by atoms with E-state index in [0.29, 0.717) is 18.0 Å². The highest BCUT2D eigenvalue weighted by Crippen LogP contribution is 2.33. The van der Waals surface area contributed by atoms with Crippen molar-refractivity contribution in [3.63, 3.8) is 0 Å². The highest BCUT2D eigenvalue weighted by Gasteiger charge is 2.23. The summed E-state index contributed by atoms with van der Waals surface area (Å²) in [6, 6.07) is 25.2. The van der Waals surface area contributed by atoms with Crippen molar-refractivity contribution in [3.05, 3.63) is 95.6 Å². The minimum absolute atomic E-state index is 0.260. The summed E-state index contributed by atoms with van der Waals surface area (Å²) < 4.78 is 10.9. The molecule has 0 aliphatic heterocycles. The number of methoxy groups -OCH3 is 2. The van der Waals surface area contributed by atoms with Crippen LogP contribution in [0, 0.1) is 0 Å². The first kappa shape index (κ1) is 19.0. The van der Waals surface area contributed by atoms with Crippen molar-refractivity contribution in [2.24, 2.45) is 0 Å². The van der Waals surface area contributed by atoms with Crippen LogP contribution in [0.4, 0.5) is 0 Å². The van der Waals surface area contributed by atoms with Gasteiger partial charge in [-0.3, -0.25) is 0 Å². The molecule has 3 aromatic rings. The minimum Gasteiger partial charge on any atom is -0.493 e. The molecule has 2 unspecified atom stereocenters. The predicted molar refractivity (Wildman–Crippen MR) is 107 cm³/mol. The second-order valence-corrected chi connectivity index (χ2v) is 6.28. The summed E-state index contributed by atoms with van der Waals surface area (Å²) in [5.74, 6) is 1.39. The molecule has 2 N–H and O–H groups in total. The van der Waals surface area contributed by atoms with Crippen LogP contribution in [-0.4, -0.2) is 19.3 Å². The smallest absolute Gasteiger partial charge is 0.165 e. The highest BCUT2D eigenvalue weighted by atomic mass is 16.5. The summed E-state index contributed by atoms with van der Waals surface area (Å²) in [6.45, 7) is 0.532. The zero-order chi connectivity index (χ0) is 19.1. The molecule has 0 spiro atoms. The SMILES string of the molecule is COc1cccc(CNC(c2ccccc2)C(O)c2ccccc2)c1OC. The number of aliphatic hydroxyl groups is 1. The standard InChI is InChI=1S/C23H25NO3/c1-26-20-15-9-14-19(23(20)27-2)16-24-21(17-10-5-3-6-11-17)22(25)18-12-7-4-8-13-18/h3-15,21-22,24-25H,16H2,1-2H3. The first-order valence-electron chi connectivity index (χ1n) is 8.95. The first-order chi connectivity index (χ1) is 13.2. The van der Waals surface area contributed by atoms with Crippen LogP contribution in [0.3, 0.4) is 0 Å². The molecule has 0 aromatic heterocycles. The molecule has 140 valence electrons. The van der Waals surface area contributed by atoms with Gasteiger partial charge in [0, 0.05) is 12.1 Å². The van der Waals surface area contributed by atoms with Crippen molar-refractivity contribution in [2.75, 3.05) is 14.2 Å². The van der Waals surface area contributed by atoms with Crippen LogP contribution in [0.25, 0.3) is 0 Å². The monoisotopic (exact) mass is 363 g/mol. The van der Waals surface area contributed by atoms with Gasteiger partial charge in [-0.25, -0.2) is 0 Å². The molecule has 0 radical (unpaired) electrons. The largest absolute Gasteiger partial charge is 0.493 e. The van der Waals surface area contributed by atoms with Crippen LogP contribution in [0.2, 0.25) is 0 Å². The molecule has 0 heterocycles. The Labute approximate surface area is 160 Å². The Morgan fingerprint density at radius 3 is 2.00 bits per heavy atom. The summed E-state index contributed by atoms with van der Waals surface area (Å²) >= 11 is 0. The second-order valence-electron chi connectivity index (χ2n) is 6.28. The molecule has 2 atom stereocenters. The number of para-hydroxylation sites is 1. The summed E-state index contributed by atoms with van der Waals surface area (Å²) in [4.78, 5) is 0. The van der Waals surface area contributed by atoms with Gasteiger partial charge in [-0.2, -0.15) is 0 Å². The number of rotatable bonds is 8. The van der Waals surface area contributed by atoms with Gasteiger partial charge in [-0.05, 0) is 17.2 Å². The predicted octanol–water partition coefficient (Wildman–Crippen LogP) is 4.27. The van der Waals surface area contributed by atoms with Gasteiger partial charge >= 0.3 is 0 Å². The zero-order valence-electron chi connectivity index (χ0n) is 15.6. The van der Waals surface area contributed by atoms with E-state index >= 15 is 0 Å². The van der Waals surface area contributed by atoms with Gasteiger partial charge in [-0.15, -0.1) is 0 Å². The number of nitrogens with one attached hydrogen (secondary N) is 1. The van der Waals surface area contributed by atoms with E-state index in [2.05, 4.69) is 5.32 Å². The molecular formula is C23H25NO3. The Bertz CT molecular complexity index is 837. The number of aliphatic hydroxyl groups excluding tert-OH is 1. The van der Waals surface area contributed by atoms with Crippen molar-refractivity contribution >= 4 is 0 Å². The van der Waals surface area contributed by atoms with Crippen LogP contribution < -0.4 is 14.8 Å². The lowest BCUT2D eigenvalue weighted by atomic mass is 9.95. The van der Waals surface area contributed by atoms with E-state index in [-0.39, 0.29) is 6.04 Å². The Hall–Kier alpha value is -2.82. The fraction of sp³-hybridized carbons (Fsp3) is 0.217. The van der Waals surface area contributed by atoms with Crippen LogP contribution in [0.15, 0.2) is 78.9 Å². The lowest BCUT2D eigenvalue weighted by Crippen LogP contribution is -2.27. The van der Waals surface area contributed by atoms with E-state index in [1.54, 1.807) is 14.2 Å². The van der Waals surface area contributed by atoms with Gasteiger partial charge in [-0.1, -0.05) is 72.8 Å². The summed E-state index contributed by atoms with van der Waals surface area (Å²) in [5, 5.41) is 14.5. The van der Waals surface area contributed by atoms with Gasteiger partial charge in [0.1, 0.15) is 0 Å². The summed E-state index contributed by atoms with van der Waals surface area (Å²) in [5.41, 5.74) is 2.87. The summed E-state index contributed by atoms with van der Waals surface area (Å²) in [7, 11) is 3.26. The van der Waals surface area contributed by atoms with Crippen molar-refractivity contribution in [2.45, 2.75) is 18.7 Å². The zero-order valence-corrected chi connectivity index (χ0v) is 15.6. The Morgan fingerprint density at radius 1 is 0.778 bits per heavy atom. The maximum absolute atomic E-state index is 11.0. The molecule has 0 saturated heterocycles. The summed E-state index contributed by atoms with van der Waals surface area (Å²) in [6.07, 6.45) is -0.676. The van der Waals surface area contributed by atoms with Gasteiger partial charge in [0.25, 0.3) is 0 Å². The van der Waals surface area contributed by atoms with Gasteiger partial charge in [0.2, 0.25) is 0 Å². The van der Waals surface area contributed by atoms with Crippen molar-refractivity contribution in [1.29, 1.82) is 0 Å². The molecule has 4 nitrogen and oxygen atoms in total. The molecule has 0 aliphatic rings. The van der Waals surface area contributed by atoms with E-state index in [4.69, 9.17) is 9.47 Å². The third kappa shape index (κ3) is 4.48. The van der Waals surface area contributed by atoms with E-state index < -0.39 is 6.10 Å². The average molecular weight is 363 g/mol. The van der Waals surface area contributed by atoms with E-state index in [0.717, 1.165) is 16.7 Å². The van der Waals surface area contributed by atoms with E-state index in [9.17, 15) is 5.11 Å². The topological polar surface area (TPSA) is 50.7 Å². The highest BCUT2D eigenvalue weighted by molar-refractivity contribution is 5.46. The molecule has 0 amide bonds. The third-order valence-corrected chi connectivity index (χ3v) is 4.61. The Morgan fingerprint density at radius 2 is 1.41 bits per heavy atom. The third-order valence-electron chi connectivity index (χ3n) is 4.61. The Balaban J connectivity index is 1.87. The molecule has 0 aliphatic carbocycles. The van der Waals surface area contributed by atoms with Crippen molar-refractivity contribution in [3.8, 4) is 11.5 Å². The molecule has 27 heavy (non-hydrogen) atoms. The van der Waals surface area contributed by atoms with Crippen LogP contribution >= 0.6 is 0 Å². The molecule has 0 fully saturated rings. The molecule has 0 bridgehead atoms. The fourth-order valence-corrected chi connectivity index (χ4v) is 3.23. The molecule has 0 saturated carbocycles. The maximum atomic E-state index is 11.0. The van der Waals surface area contributed by atoms with Gasteiger partial charge < -0.3 is 19.9 Å². The van der Waals surface area contributed by atoms with Crippen LogP contribution in [-0.2, 0) is 6.54 Å². The van der Waals surface area contributed by atoms with Gasteiger partial charge in [0.05, 0.1) is 26.4 Å². The number of ether oxygens (including phenoxy) is 2. The van der Waals surface area contributed by atoms with E-state index in [1.165, 1.54) is 0 Å². The molecule has 3 aromatic carbocycles. The number of benzene rings is 3. The number of hydrogen-bond donors (Lipinski definition) is 2. The lowest BCUT2D eigenvalue weighted by Gasteiger charge is -2.26. The maximum Gasteiger partial charge on any atom is 0.165 e. The van der Waals surface area contributed by atoms with Crippen molar-refractivity contribution < 1.29 is 14.6 Å². The molecule has 4 heteroatoms. The second kappa shape index (κ2) is 9.21. The van der Waals surface area contributed by atoms with Crippen LogP contribution in [0.5, 0.6) is 11.5 Å². The first-order valence-corrected chi connectivity index (χ1v) is 8.95. The van der Waals surface area contributed by atoms with Gasteiger partial charge in [0.15, 0.2) is 11.5 Å². The van der Waals surface area contributed by atoms with E-state index in [1.807, 2.05) is 78.9 Å². The molecule has 3 rings (SSSR count). The lowest BCUT2D eigenvalue weighted by molar-refractivity contribution is 0.127. The van der Waals surface area contributed by atoms with Crippen molar-refractivity contribution in [1.82, 2.24) is 5.32 Å². The normalized spacial score (nSPS) is 13.0. The fourth-order valence-electron chi connectivity index (χ4n) is 3.23. The Kier molecular flexibility index (Phi) is 6.47. The minimum atomic E-state index is -0.676. The number of hydrogen-bond acceptors (Lipinski definition) is 4. The average Bonchev–Trinajstić information content (AvgIpc) is 2.74. The quantitative estimate of drug-likeness (QED) is 0.628.